The van der Waals surface area contributed by atoms with Crippen LogP contribution in [0, 0.1) is 5.82 Å². The van der Waals surface area contributed by atoms with Crippen LogP contribution in [0.3, 0.4) is 0 Å². The molecule has 0 radical (unpaired) electrons. The van der Waals surface area contributed by atoms with Crippen molar-refractivity contribution in [2.75, 3.05) is 10.6 Å². The van der Waals surface area contributed by atoms with Gasteiger partial charge in [0.05, 0.1) is 16.9 Å². The van der Waals surface area contributed by atoms with Gasteiger partial charge in [-0.05, 0) is 54.1 Å². The molecule has 5 rings (SSSR count). The molecular formula is C23H17ClFN5O. The monoisotopic (exact) mass is 433 g/mol. The van der Waals surface area contributed by atoms with Gasteiger partial charge in [0.15, 0.2) is 0 Å². The largest absolute Gasteiger partial charge is 0.346 e. The standard InChI is InChI=1S/C23H17ClFN5O/c24-15-6-7-18(25)20(11-15)29-23(31)28-19-4-1-5-21-17(19)8-10-30(21)13-14-12-27-22-16(14)3-2-9-26-22/h1-12H,13H2,(H,26,27)(H2,28,29,31). The first kappa shape index (κ1) is 19.1. The molecule has 3 heterocycles. The normalized spacial score (nSPS) is 11.2. The Hall–Kier alpha value is -3.84. The Bertz CT molecular complexity index is 1420. The van der Waals surface area contributed by atoms with Crippen LogP contribution in [0.25, 0.3) is 21.9 Å². The molecule has 8 heteroatoms. The minimum atomic E-state index is -0.558. The van der Waals surface area contributed by atoms with Crippen molar-refractivity contribution in [3.05, 3.63) is 89.6 Å². The highest BCUT2D eigenvalue weighted by Crippen LogP contribution is 2.27. The smallest absolute Gasteiger partial charge is 0.323 e. The van der Waals surface area contributed by atoms with Gasteiger partial charge in [-0.25, -0.2) is 14.2 Å². The molecule has 31 heavy (non-hydrogen) atoms. The van der Waals surface area contributed by atoms with E-state index in [1.165, 1.54) is 18.2 Å². The summed E-state index contributed by atoms with van der Waals surface area (Å²) in [6.45, 7) is 0.651. The Morgan fingerprint density at radius 3 is 2.84 bits per heavy atom. The summed E-state index contributed by atoms with van der Waals surface area (Å²) in [5.74, 6) is -0.558. The van der Waals surface area contributed by atoms with E-state index in [9.17, 15) is 9.18 Å². The number of rotatable bonds is 4. The van der Waals surface area contributed by atoms with E-state index in [0.717, 1.165) is 27.5 Å². The quantitative estimate of drug-likeness (QED) is 0.325. The summed E-state index contributed by atoms with van der Waals surface area (Å²) in [7, 11) is 0. The van der Waals surface area contributed by atoms with Crippen LogP contribution in [0.4, 0.5) is 20.6 Å². The van der Waals surface area contributed by atoms with Crippen LogP contribution in [-0.4, -0.2) is 20.6 Å². The molecule has 3 aromatic heterocycles. The number of anilines is 2. The molecule has 0 saturated heterocycles. The lowest BCUT2D eigenvalue weighted by Gasteiger charge is -2.10. The molecule has 2 amide bonds. The zero-order valence-corrected chi connectivity index (χ0v) is 16.9. The number of nitrogens with one attached hydrogen (secondary N) is 3. The molecule has 0 aliphatic carbocycles. The fourth-order valence-electron chi connectivity index (χ4n) is 3.67. The van der Waals surface area contributed by atoms with E-state index in [0.29, 0.717) is 17.3 Å². The van der Waals surface area contributed by atoms with Gasteiger partial charge in [0, 0.05) is 40.9 Å². The topological polar surface area (TPSA) is 74.7 Å². The number of benzene rings is 2. The van der Waals surface area contributed by atoms with Gasteiger partial charge in [0.1, 0.15) is 11.5 Å². The predicted octanol–water partition coefficient (Wildman–Crippen LogP) is 6.00. The average molecular weight is 434 g/mol. The molecule has 0 unspecified atom stereocenters. The maximum atomic E-state index is 13.9. The number of aromatic amines is 1. The van der Waals surface area contributed by atoms with Crippen molar-refractivity contribution in [2.24, 2.45) is 0 Å². The number of urea groups is 1. The molecule has 6 nitrogen and oxygen atoms in total. The van der Waals surface area contributed by atoms with E-state index in [2.05, 4.69) is 25.2 Å². The van der Waals surface area contributed by atoms with E-state index in [4.69, 9.17) is 11.6 Å². The summed E-state index contributed by atoms with van der Waals surface area (Å²) >= 11 is 5.89. The SMILES string of the molecule is O=C(Nc1cc(Cl)ccc1F)Nc1cccc2c1ccn2Cc1c[nH]c2ncccc12. The van der Waals surface area contributed by atoms with E-state index < -0.39 is 11.8 Å². The molecule has 154 valence electrons. The second-order valence-corrected chi connectivity index (χ2v) is 7.54. The molecule has 0 aliphatic rings. The molecule has 0 fully saturated rings. The number of fused-ring (bicyclic) bond motifs is 2. The predicted molar refractivity (Wildman–Crippen MR) is 121 cm³/mol. The van der Waals surface area contributed by atoms with Crippen molar-refractivity contribution in [1.82, 2.24) is 14.5 Å². The molecule has 0 aliphatic heterocycles. The Kier molecular flexibility index (Phi) is 4.80. The molecule has 3 N–H and O–H groups in total. The minimum absolute atomic E-state index is 0.0164. The van der Waals surface area contributed by atoms with Crippen molar-refractivity contribution in [2.45, 2.75) is 6.54 Å². The first-order valence-corrected chi connectivity index (χ1v) is 9.98. The van der Waals surface area contributed by atoms with Crippen molar-refractivity contribution in [3.8, 4) is 0 Å². The molecule has 0 saturated carbocycles. The zero-order valence-electron chi connectivity index (χ0n) is 16.2. The summed E-state index contributed by atoms with van der Waals surface area (Å²) < 4.78 is 16.0. The maximum Gasteiger partial charge on any atom is 0.323 e. The lowest BCUT2D eigenvalue weighted by atomic mass is 10.2. The summed E-state index contributed by atoms with van der Waals surface area (Å²) in [5, 5.41) is 7.58. The lowest BCUT2D eigenvalue weighted by molar-refractivity contribution is 0.262. The van der Waals surface area contributed by atoms with Crippen molar-refractivity contribution >= 4 is 50.9 Å². The van der Waals surface area contributed by atoms with Gasteiger partial charge in [-0.1, -0.05) is 17.7 Å². The number of H-pyrrole nitrogens is 1. The Morgan fingerprint density at radius 2 is 1.94 bits per heavy atom. The number of hydrogen-bond donors (Lipinski definition) is 3. The van der Waals surface area contributed by atoms with Crippen molar-refractivity contribution in [3.63, 3.8) is 0 Å². The van der Waals surface area contributed by atoms with Gasteiger partial charge < -0.3 is 20.2 Å². The summed E-state index contributed by atoms with van der Waals surface area (Å²) in [6, 6.07) is 15.0. The van der Waals surface area contributed by atoms with Crippen LogP contribution in [0.1, 0.15) is 5.56 Å². The fraction of sp³-hybridized carbons (Fsp3) is 0.0435. The van der Waals surface area contributed by atoms with Gasteiger partial charge in [-0.2, -0.15) is 0 Å². The third kappa shape index (κ3) is 3.71. The second-order valence-electron chi connectivity index (χ2n) is 7.10. The highest BCUT2D eigenvalue weighted by atomic mass is 35.5. The van der Waals surface area contributed by atoms with E-state index in [1.54, 1.807) is 12.3 Å². The van der Waals surface area contributed by atoms with E-state index in [-0.39, 0.29) is 5.69 Å². The van der Waals surface area contributed by atoms with Crippen LogP contribution < -0.4 is 10.6 Å². The molecular weight excluding hydrogens is 417 g/mol. The zero-order chi connectivity index (χ0) is 21.4. The van der Waals surface area contributed by atoms with Gasteiger partial charge >= 0.3 is 6.03 Å². The first-order chi connectivity index (χ1) is 15.1. The molecule has 0 bridgehead atoms. The number of aromatic nitrogens is 3. The lowest BCUT2D eigenvalue weighted by Crippen LogP contribution is -2.20. The number of pyridine rings is 1. The third-order valence-corrected chi connectivity index (χ3v) is 5.35. The minimum Gasteiger partial charge on any atom is -0.346 e. The van der Waals surface area contributed by atoms with Crippen LogP contribution in [0.15, 0.2) is 73.2 Å². The average Bonchev–Trinajstić information content (AvgIpc) is 3.36. The summed E-state index contributed by atoms with van der Waals surface area (Å²) in [4.78, 5) is 20.0. The highest BCUT2D eigenvalue weighted by molar-refractivity contribution is 6.31. The van der Waals surface area contributed by atoms with E-state index >= 15 is 0 Å². The summed E-state index contributed by atoms with van der Waals surface area (Å²) in [6.07, 6.45) is 5.68. The molecule has 2 aromatic carbocycles. The second kappa shape index (κ2) is 7.77. The molecule has 5 aromatic rings. The fourth-order valence-corrected chi connectivity index (χ4v) is 3.84. The highest BCUT2D eigenvalue weighted by Gasteiger charge is 2.12. The van der Waals surface area contributed by atoms with Crippen molar-refractivity contribution in [1.29, 1.82) is 0 Å². The van der Waals surface area contributed by atoms with Crippen LogP contribution >= 0.6 is 11.6 Å². The van der Waals surface area contributed by atoms with Gasteiger partial charge in [0.25, 0.3) is 0 Å². The van der Waals surface area contributed by atoms with Crippen molar-refractivity contribution < 1.29 is 9.18 Å². The van der Waals surface area contributed by atoms with Gasteiger partial charge in [0.2, 0.25) is 0 Å². The Balaban J connectivity index is 1.40. The van der Waals surface area contributed by atoms with Gasteiger partial charge in [-0.15, -0.1) is 0 Å². The number of carbonyl (C=O) groups excluding carboxylic acids is 1. The van der Waals surface area contributed by atoms with Gasteiger partial charge in [-0.3, -0.25) is 0 Å². The van der Waals surface area contributed by atoms with Crippen LogP contribution in [0.5, 0.6) is 0 Å². The Labute approximate surface area is 181 Å². The number of carbonyl (C=O) groups is 1. The molecule has 0 atom stereocenters. The summed E-state index contributed by atoms with van der Waals surface area (Å²) in [5.41, 5.74) is 3.57. The third-order valence-electron chi connectivity index (χ3n) is 5.12. The van der Waals surface area contributed by atoms with Crippen LogP contribution in [-0.2, 0) is 6.54 Å². The number of hydrogen-bond acceptors (Lipinski definition) is 2. The number of nitrogens with zero attached hydrogens (tertiary/aromatic N) is 2. The Morgan fingerprint density at radius 1 is 1.06 bits per heavy atom. The number of amides is 2. The van der Waals surface area contributed by atoms with Crippen LogP contribution in [0.2, 0.25) is 5.02 Å². The van der Waals surface area contributed by atoms with E-state index in [1.807, 2.05) is 42.7 Å². The molecule has 0 spiro atoms. The maximum absolute atomic E-state index is 13.9. The first-order valence-electron chi connectivity index (χ1n) is 9.60. The number of halogens is 2.